The van der Waals surface area contributed by atoms with Gasteiger partial charge in [0.1, 0.15) is 0 Å². The van der Waals surface area contributed by atoms with Crippen LogP contribution in [0.5, 0.6) is 0 Å². The van der Waals surface area contributed by atoms with Crippen molar-refractivity contribution in [2.45, 2.75) is 70.7 Å². The molecule has 0 aromatic heterocycles. The lowest BCUT2D eigenvalue weighted by atomic mass is 9.89. The zero-order valence-corrected chi connectivity index (χ0v) is 14.2. The summed E-state index contributed by atoms with van der Waals surface area (Å²) in [6.07, 6.45) is 5.70. The van der Waals surface area contributed by atoms with Crippen molar-refractivity contribution in [3.63, 3.8) is 0 Å². The Balaban J connectivity index is 1.50. The van der Waals surface area contributed by atoms with Gasteiger partial charge in [-0.05, 0) is 63.1 Å². The van der Waals surface area contributed by atoms with Crippen molar-refractivity contribution in [1.29, 1.82) is 0 Å². The van der Waals surface area contributed by atoms with E-state index in [9.17, 15) is 4.79 Å². The number of fused-ring (bicyclic) bond motifs is 2. The average Bonchev–Trinajstić information content (AvgIpc) is 2.84. The third-order valence-electron chi connectivity index (χ3n) is 4.84. The molecule has 0 radical (unpaired) electrons. The maximum Gasteiger partial charge on any atom is 0.224 e. The molecule has 1 aromatic rings. The molecule has 0 saturated carbocycles. The zero-order chi connectivity index (χ0) is 16.2. The molecule has 0 spiro atoms. The van der Waals surface area contributed by atoms with Crippen LogP contribution in [0.2, 0.25) is 0 Å². The van der Waals surface area contributed by atoms with E-state index in [4.69, 9.17) is 4.74 Å². The SMILES string of the molecule is CC(C)OCc1cccc(NC(=O)CC2CC3CCC(C2)N3)c1. The summed E-state index contributed by atoms with van der Waals surface area (Å²) in [6, 6.07) is 9.24. The quantitative estimate of drug-likeness (QED) is 0.845. The molecule has 2 heterocycles. The Bertz CT molecular complexity index is 532. The Hall–Kier alpha value is -1.39. The van der Waals surface area contributed by atoms with Crippen molar-refractivity contribution in [3.8, 4) is 0 Å². The van der Waals surface area contributed by atoms with Crippen LogP contribution in [-0.2, 0) is 16.1 Å². The van der Waals surface area contributed by atoms with E-state index in [2.05, 4.69) is 10.6 Å². The van der Waals surface area contributed by atoms with Crippen molar-refractivity contribution >= 4 is 11.6 Å². The average molecular weight is 316 g/mol. The van der Waals surface area contributed by atoms with Crippen molar-refractivity contribution in [2.75, 3.05) is 5.32 Å². The van der Waals surface area contributed by atoms with E-state index in [1.54, 1.807) is 0 Å². The highest BCUT2D eigenvalue weighted by molar-refractivity contribution is 5.90. The molecule has 1 amide bonds. The highest BCUT2D eigenvalue weighted by Gasteiger charge is 2.34. The number of rotatable bonds is 6. The molecule has 1 aromatic carbocycles. The topological polar surface area (TPSA) is 50.4 Å². The number of hydrogen-bond acceptors (Lipinski definition) is 3. The van der Waals surface area contributed by atoms with Gasteiger partial charge in [0.2, 0.25) is 5.91 Å². The molecule has 2 N–H and O–H groups in total. The van der Waals surface area contributed by atoms with Crippen LogP contribution in [0, 0.1) is 5.92 Å². The first-order valence-corrected chi connectivity index (χ1v) is 8.85. The molecule has 2 bridgehead atoms. The lowest BCUT2D eigenvalue weighted by molar-refractivity contribution is -0.117. The number of nitrogens with one attached hydrogen (secondary N) is 2. The monoisotopic (exact) mass is 316 g/mol. The molecule has 23 heavy (non-hydrogen) atoms. The van der Waals surface area contributed by atoms with Crippen LogP contribution in [0.4, 0.5) is 5.69 Å². The summed E-state index contributed by atoms with van der Waals surface area (Å²) in [5, 5.41) is 6.68. The highest BCUT2D eigenvalue weighted by Crippen LogP contribution is 2.32. The number of carbonyl (C=O) groups is 1. The lowest BCUT2D eigenvalue weighted by Crippen LogP contribution is -2.39. The Morgan fingerprint density at radius 2 is 2.04 bits per heavy atom. The molecule has 2 aliphatic heterocycles. The summed E-state index contributed by atoms with van der Waals surface area (Å²) in [4.78, 5) is 12.3. The van der Waals surface area contributed by atoms with Gasteiger partial charge in [-0.25, -0.2) is 0 Å². The van der Waals surface area contributed by atoms with Gasteiger partial charge < -0.3 is 15.4 Å². The Morgan fingerprint density at radius 1 is 1.30 bits per heavy atom. The van der Waals surface area contributed by atoms with E-state index in [0.29, 0.717) is 31.0 Å². The molecular weight excluding hydrogens is 288 g/mol. The molecule has 2 saturated heterocycles. The van der Waals surface area contributed by atoms with E-state index in [-0.39, 0.29) is 12.0 Å². The second kappa shape index (κ2) is 7.45. The minimum Gasteiger partial charge on any atom is -0.374 e. The fourth-order valence-corrected chi connectivity index (χ4v) is 3.82. The van der Waals surface area contributed by atoms with Gasteiger partial charge in [0.15, 0.2) is 0 Å². The van der Waals surface area contributed by atoms with Gasteiger partial charge in [-0.3, -0.25) is 4.79 Å². The van der Waals surface area contributed by atoms with Crippen LogP contribution < -0.4 is 10.6 Å². The summed E-state index contributed by atoms with van der Waals surface area (Å²) in [5.41, 5.74) is 1.97. The van der Waals surface area contributed by atoms with Gasteiger partial charge in [-0.2, -0.15) is 0 Å². The number of ether oxygens (including phenoxy) is 1. The van der Waals surface area contributed by atoms with Crippen molar-refractivity contribution in [2.24, 2.45) is 5.92 Å². The standard InChI is InChI=1S/C19H28N2O2/c1-13(2)23-12-14-4-3-5-16(8-14)21-19(22)11-15-9-17-6-7-18(10-15)20-17/h3-5,8,13,15,17-18,20H,6-7,9-12H2,1-2H3,(H,21,22). The molecule has 0 aliphatic carbocycles. The maximum atomic E-state index is 12.3. The first-order chi connectivity index (χ1) is 11.1. The van der Waals surface area contributed by atoms with Crippen LogP contribution in [-0.4, -0.2) is 24.1 Å². The number of anilines is 1. The predicted octanol–water partition coefficient (Wildman–Crippen LogP) is 3.47. The Kier molecular flexibility index (Phi) is 5.34. The fraction of sp³-hybridized carbons (Fsp3) is 0.632. The summed E-state index contributed by atoms with van der Waals surface area (Å²) >= 11 is 0. The first-order valence-electron chi connectivity index (χ1n) is 8.85. The second-order valence-electron chi connectivity index (χ2n) is 7.29. The van der Waals surface area contributed by atoms with Crippen LogP contribution in [0.3, 0.4) is 0 Å². The fourth-order valence-electron chi connectivity index (χ4n) is 3.82. The Labute approximate surface area is 139 Å². The molecule has 2 fully saturated rings. The van der Waals surface area contributed by atoms with E-state index in [1.807, 2.05) is 38.1 Å². The molecule has 2 aliphatic rings. The number of piperidine rings is 1. The van der Waals surface area contributed by atoms with E-state index < -0.39 is 0 Å². The van der Waals surface area contributed by atoms with E-state index in [1.165, 1.54) is 12.8 Å². The summed E-state index contributed by atoms with van der Waals surface area (Å²) in [6.45, 7) is 4.63. The van der Waals surface area contributed by atoms with E-state index >= 15 is 0 Å². The molecule has 2 unspecified atom stereocenters. The summed E-state index contributed by atoms with van der Waals surface area (Å²) in [5.74, 6) is 0.666. The number of carbonyl (C=O) groups excluding carboxylic acids is 1. The largest absolute Gasteiger partial charge is 0.374 e. The van der Waals surface area contributed by atoms with Gasteiger partial charge in [0.05, 0.1) is 12.7 Å². The molecule has 3 rings (SSSR count). The van der Waals surface area contributed by atoms with Crippen molar-refractivity contribution < 1.29 is 9.53 Å². The van der Waals surface area contributed by atoms with E-state index in [0.717, 1.165) is 24.1 Å². The van der Waals surface area contributed by atoms with Gasteiger partial charge in [0, 0.05) is 24.2 Å². The maximum absolute atomic E-state index is 12.3. The number of amides is 1. The minimum absolute atomic E-state index is 0.137. The third-order valence-corrected chi connectivity index (χ3v) is 4.84. The summed E-state index contributed by atoms with van der Waals surface area (Å²) in [7, 11) is 0. The van der Waals surface area contributed by atoms with Crippen LogP contribution in [0.15, 0.2) is 24.3 Å². The van der Waals surface area contributed by atoms with Gasteiger partial charge in [-0.15, -0.1) is 0 Å². The zero-order valence-electron chi connectivity index (χ0n) is 14.2. The van der Waals surface area contributed by atoms with Gasteiger partial charge in [0.25, 0.3) is 0 Å². The smallest absolute Gasteiger partial charge is 0.224 e. The highest BCUT2D eigenvalue weighted by atomic mass is 16.5. The number of benzene rings is 1. The Morgan fingerprint density at radius 3 is 2.74 bits per heavy atom. The predicted molar refractivity (Wildman–Crippen MR) is 92.3 cm³/mol. The lowest BCUT2D eigenvalue weighted by Gasteiger charge is -2.28. The van der Waals surface area contributed by atoms with Crippen molar-refractivity contribution in [3.05, 3.63) is 29.8 Å². The molecular formula is C19H28N2O2. The first kappa shape index (κ1) is 16.5. The van der Waals surface area contributed by atoms with Gasteiger partial charge in [-0.1, -0.05) is 12.1 Å². The molecule has 4 heteroatoms. The van der Waals surface area contributed by atoms with Gasteiger partial charge >= 0.3 is 0 Å². The minimum atomic E-state index is 0.137. The van der Waals surface area contributed by atoms with Crippen LogP contribution in [0.1, 0.15) is 51.5 Å². The number of hydrogen-bond donors (Lipinski definition) is 2. The molecule has 2 atom stereocenters. The third kappa shape index (κ3) is 4.79. The van der Waals surface area contributed by atoms with Crippen LogP contribution >= 0.6 is 0 Å². The van der Waals surface area contributed by atoms with Crippen molar-refractivity contribution in [1.82, 2.24) is 5.32 Å². The molecule has 126 valence electrons. The van der Waals surface area contributed by atoms with Crippen LogP contribution in [0.25, 0.3) is 0 Å². The summed E-state index contributed by atoms with van der Waals surface area (Å²) < 4.78 is 5.62. The molecule has 4 nitrogen and oxygen atoms in total. The normalized spacial score (nSPS) is 26.5. The second-order valence-corrected chi connectivity index (χ2v) is 7.29.